The van der Waals surface area contributed by atoms with Gasteiger partial charge in [-0.25, -0.2) is 9.97 Å². The lowest BCUT2D eigenvalue weighted by atomic mass is 10.3. The molecule has 0 N–H and O–H groups in total. The summed E-state index contributed by atoms with van der Waals surface area (Å²) in [5.41, 5.74) is 0.978. The Morgan fingerprint density at radius 3 is 2.85 bits per heavy atom. The Balaban J connectivity index is 2.76. The van der Waals surface area contributed by atoms with E-state index in [-0.39, 0.29) is 0 Å². The quantitative estimate of drug-likeness (QED) is 0.697. The smallest absolute Gasteiger partial charge is 0.133 e. The van der Waals surface area contributed by atoms with E-state index in [1.54, 1.807) is 13.2 Å². The van der Waals surface area contributed by atoms with Gasteiger partial charge in [-0.1, -0.05) is 18.5 Å². The molecule has 0 radical (unpaired) electrons. The topological polar surface area (TPSA) is 35.0 Å². The molecule has 72 valence electrons. The summed E-state index contributed by atoms with van der Waals surface area (Å²) in [6, 6.07) is 1.79. The first kappa shape index (κ1) is 10.4. The van der Waals surface area contributed by atoms with Crippen molar-refractivity contribution >= 4 is 11.6 Å². The van der Waals surface area contributed by atoms with E-state index in [9.17, 15) is 0 Å². The Hall–Kier alpha value is -0.670. The first-order valence-corrected chi connectivity index (χ1v) is 4.65. The molecule has 0 aliphatic rings. The highest BCUT2D eigenvalue weighted by molar-refractivity contribution is 6.29. The largest absolute Gasteiger partial charge is 0.384 e. The Labute approximate surface area is 83.1 Å². The molecule has 1 heterocycles. The van der Waals surface area contributed by atoms with Crippen molar-refractivity contribution in [1.82, 2.24) is 9.97 Å². The molecule has 0 bridgehead atoms. The lowest BCUT2D eigenvalue weighted by molar-refractivity contribution is 0.200. The maximum absolute atomic E-state index is 5.82. The molecule has 4 heteroatoms. The van der Waals surface area contributed by atoms with Crippen molar-refractivity contribution in [1.29, 1.82) is 0 Å². The van der Waals surface area contributed by atoms with Gasteiger partial charge in [0.05, 0.1) is 6.61 Å². The highest BCUT2D eigenvalue weighted by atomic mass is 35.5. The van der Waals surface area contributed by atoms with E-state index in [1.165, 1.54) is 0 Å². The minimum Gasteiger partial charge on any atom is -0.384 e. The molecule has 1 aromatic rings. The zero-order valence-electron chi connectivity index (χ0n) is 7.88. The van der Waals surface area contributed by atoms with Gasteiger partial charge in [0.15, 0.2) is 0 Å². The zero-order chi connectivity index (χ0) is 9.68. The third-order valence-electron chi connectivity index (χ3n) is 1.69. The Kier molecular flexibility index (Phi) is 4.12. The number of nitrogens with zero attached hydrogens (tertiary/aromatic N) is 2. The van der Waals surface area contributed by atoms with Crippen LogP contribution in [0.25, 0.3) is 0 Å². The van der Waals surface area contributed by atoms with Crippen molar-refractivity contribution in [2.24, 2.45) is 0 Å². The summed E-state index contributed by atoms with van der Waals surface area (Å²) < 4.78 is 4.94. The van der Waals surface area contributed by atoms with Crippen LogP contribution in [0.1, 0.15) is 18.4 Å². The first-order valence-electron chi connectivity index (χ1n) is 4.27. The van der Waals surface area contributed by atoms with Gasteiger partial charge in [-0.3, -0.25) is 0 Å². The predicted octanol–water partition coefficient (Wildman–Crippen LogP) is 1.88. The summed E-state index contributed by atoms with van der Waals surface area (Å²) in [6.45, 7) is 2.67. The van der Waals surface area contributed by atoms with Crippen molar-refractivity contribution in [2.45, 2.75) is 19.8 Å². The van der Waals surface area contributed by atoms with Crippen LogP contribution in [0, 0.1) is 0 Å². The van der Waals surface area contributed by atoms with E-state index in [0.717, 1.165) is 17.9 Å². The lowest BCUT2D eigenvalue weighted by Gasteiger charge is -2.02. The van der Waals surface area contributed by atoms with E-state index in [0.29, 0.717) is 18.2 Å². The monoisotopic (exact) mass is 200 g/mol. The SMILES string of the molecule is CCc1cc(Cl)nc(CCOC)n1. The molecule has 0 aliphatic carbocycles. The summed E-state index contributed by atoms with van der Waals surface area (Å²) in [6.07, 6.45) is 1.59. The molecule has 0 aliphatic heterocycles. The summed E-state index contributed by atoms with van der Waals surface area (Å²) >= 11 is 5.82. The molecule has 1 rings (SSSR count). The van der Waals surface area contributed by atoms with Crippen LogP contribution in [-0.2, 0) is 17.6 Å². The summed E-state index contributed by atoms with van der Waals surface area (Å²) in [5.74, 6) is 0.756. The maximum Gasteiger partial charge on any atom is 0.133 e. The molecule has 13 heavy (non-hydrogen) atoms. The molecule has 0 saturated heterocycles. The van der Waals surface area contributed by atoms with E-state index in [4.69, 9.17) is 16.3 Å². The van der Waals surface area contributed by atoms with Crippen LogP contribution in [0.2, 0.25) is 5.15 Å². The average molecular weight is 201 g/mol. The van der Waals surface area contributed by atoms with E-state index in [1.807, 2.05) is 6.92 Å². The van der Waals surface area contributed by atoms with Crippen molar-refractivity contribution in [3.8, 4) is 0 Å². The van der Waals surface area contributed by atoms with Gasteiger partial charge in [0, 0.05) is 19.2 Å². The Morgan fingerprint density at radius 1 is 1.46 bits per heavy atom. The fraction of sp³-hybridized carbons (Fsp3) is 0.556. The first-order chi connectivity index (χ1) is 6.26. The molecular formula is C9H13ClN2O. The van der Waals surface area contributed by atoms with Crippen molar-refractivity contribution in [3.05, 3.63) is 22.7 Å². The Bertz CT molecular complexity index is 278. The molecule has 0 spiro atoms. The molecule has 0 unspecified atom stereocenters. The van der Waals surface area contributed by atoms with Gasteiger partial charge in [0.1, 0.15) is 11.0 Å². The molecule has 0 aromatic carbocycles. The van der Waals surface area contributed by atoms with Gasteiger partial charge in [-0.15, -0.1) is 0 Å². The molecule has 0 atom stereocenters. The number of hydrogen-bond donors (Lipinski definition) is 0. The minimum absolute atomic E-state index is 0.512. The summed E-state index contributed by atoms with van der Waals surface area (Å²) in [7, 11) is 1.66. The molecule has 0 saturated carbocycles. The van der Waals surface area contributed by atoms with Crippen LogP contribution < -0.4 is 0 Å². The molecule has 0 fully saturated rings. The summed E-state index contributed by atoms with van der Waals surface area (Å²) in [4.78, 5) is 8.41. The van der Waals surface area contributed by atoms with Gasteiger partial charge in [-0.2, -0.15) is 0 Å². The summed E-state index contributed by atoms with van der Waals surface area (Å²) in [5, 5.41) is 0.512. The second-order valence-corrected chi connectivity index (χ2v) is 3.08. The number of ether oxygens (including phenoxy) is 1. The van der Waals surface area contributed by atoms with Gasteiger partial charge < -0.3 is 4.74 Å². The standard InChI is InChI=1S/C9H13ClN2O/c1-3-7-6-8(10)12-9(11-7)4-5-13-2/h6H,3-5H2,1-2H3. The predicted molar refractivity (Wildman–Crippen MR) is 52.0 cm³/mol. The van der Waals surface area contributed by atoms with Crippen LogP contribution >= 0.6 is 11.6 Å². The number of halogens is 1. The Morgan fingerprint density at radius 2 is 2.23 bits per heavy atom. The van der Waals surface area contributed by atoms with Crippen LogP contribution in [0.15, 0.2) is 6.07 Å². The lowest BCUT2D eigenvalue weighted by Crippen LogP contribution is -2.03. The second-order valence-electron chi connectivity index (χ2n) is 2.69. The van der Waals surface area contributed by atoms with Gasteiger partial charge >= 0.3 is 0 Å². The van der Waals surface area contributed by atoms with Crippen molar-refractivity contribution in [2.75, 3.05) is 13.7 Å². The van der Waals surface area contributed by atoms with E-state index < -0.39 is 0 Å². The second kappa shape index (κ2) is 5.14. The minimum atomic E-state index is 0.512. The van der Waals surface area contributed by atoms with Crippen LogP contribution in [0.5, 0.6) is 0 Å². The van der Waals surface area contributed by atoms with Gasteiger partial charge in [-0.05, 0) is 12.5 Å². The number of rotatable bonds is 4. The number of aromatic nitrogens is 2. The maximum atomic E-state index is 5.82. The van der Waals surface area contributed by atoms with E-state index in [2.05, 4.69) is 9.97 Å². The number of methoxy groups -OCH3 is 1. The van der Waals surface area contributed by atoms with Crippen LogP contribution in [0.4, 0.5) is 0 Å². The fourth-order valence-electron chi connectivity index (χ4n) is 1.00. The molecule has 1 aromatic heterocycles. The average Bonchev–Trinajstić information content (AvgIpc) is 2.14. The number of hydrogen-bond acceptors (Lipinski definition) is 3. The third kappa shape index (κ3) is 3.28. The van der Waals surface area contributed by atoms with E-state index >= 15 is 0 Å². The van der Waals surface area contributed by atoms with Crippen molar-refractivity contribution in [3.63, 3.8) is 0 Å². The zero-order valence-corrected chi connectivity index (χ0v) is 8.64. The normalized spacial score (nSPS) is 10.4. The fourth-order valence-corrected chi connectivity index (χ4v) is 1.23. The van der Waals surface area contributed by atoms with Crippen molar-refractivity contribution < 1.29 is 4.74 Å². The van der Waals surface area contributed by atoms with Crippen LogP contribution in [0.3, 0.4) is 0 Å². The van der Waals surface area contributed by atoms with Gasteiger partial charge in [0.2, 0.25) is 0 Å². The number of aryl methyl sites for hydroxylation is 1. The van der Waals surface area contributed by atoms with Crippen LogP contribution in [-0.4, -0.2) is 23.7 Å². The molecule has 3 nitrogen and oxygen atoms in total. The highest BCUT2D eigenvalue weighted by Crippen LogP contribution is 2.08. The third-order valence-corrected chi connectivity index (χ3v) is 1.88. The van der Waals surface area contributed by atoms with Gasteiger partial charge in [0.25, 0.3) is 0 Å². The molecule has 0 amide bonds. The highest BCUT2D eigenvalue weighted by Gasteiger charge is 2.01. The molecular weight excluding hydrogens is 188 g/mol.